The molecule has 263 valence electrons. The summed E-state index contributed by atoms with van der Waals surface area (Å²) >= 11 is -1.99. The van der Waals surface area contributed by atoms with Gasteiger partial charge in [0.2, 0.25) is 0 Å². The second-order valence-corrected chi connectivity index (χ2v) is 24.6. The maximum Gasteiger partial charge on any atom is 0 e. The van der Waals surface area contributed by atoms with Gasteiger partial charge in [0.1, 0.15) is 0 Å². The molecule has 50 heavy (non-hydrogen) atoms. The molecule has 0 saturated carbocycles. The standard InChI is InChI=1S/C30H25GeN2O.C13H24O2.Ir/c1-19-10-13-23-26-16-21(11-15-29(26)34-30(23)32-19)28-18-24(20-8-6-5-7-9-20)25-17-22(31(2,3)4)12-14-27(25)33-28;1-5-10(6-2)12(14)9-13(15)11(7-3)8-4;/h5-10,12-18H,1-4H3;9-11,14H,5-8H2,1-4H3;/q-1;;/b;12-9-;. The summed E-state index contributed by atoms with van der Waals surface area (Å²) in [6.07, 6.45) is 4.91. The fourth-order valence-electron chi connectivity index (χ4n) is 6.31. The van der Waals surface area contributed by atoms with E-state index in [4.69, 9.17) is 9.40 Å². The Morgan fingerprint density at radius 1 is 0.840 bits per heavy atom. The van der Waals surface area contributed by atoms with Crippen LogP contribution in [0.5, 0.6) is 0 Å². The Morgan fingerprint density at radius 3 is 2.16 bits per heavy atom. The average Bonchev–Trinajstić information content (AvgIpc) is 3.45. The third-order valence-corrected chi connectivity index (χ3v) is 13.8. The van der Waals surface area contributed by atoms with E-state index in [-0.39, 0.29) is 43.5 Å². The van der Waals surface area contributed by atoms with Gasteiger partial charge in [0.25, 0.3) is 0 Å². The minimum Gasteiger partial charge on any atom is 0 e. The summed E-state index contributed by atoms with van der Waals surface area (Å²) in [7, 11) is 0. The van der Waals surface area contributed by atoms with Crippen molar-refractivity contribution < 1.29 is 34.4 Å². The second-order valence-electron chi connectivity index (χ2n) is 13.9. The van der Waals surface area contributed by atoms with Gasteiger partial charge in [-0.15, -0.1) is 0 Å². The maximum absolute atomic E-state index is 11.7. The third kappa shape index (κ3) is 8.82. The number of pyridine rings is 2. The van der Waals surface area contributed by atoms with Gasteiger partial charge in [-0.1, -0.05) is 27.7 Å². The number of carbonyl (C=O) groups excluding carboxylic acids is 1. The monoisotopic (exact) mass is 908 g/mol. The number of rotatable bonds is 10. The quantitative estimate of drug-likeness (QED) is 0.0641. The van der Waals surface area contributed by atoms with Crippen LogP contribution in [0.3, 0.4) is 0 Å². The number of hydrogen-bond donors (Lipinski definition) is 1. The van der Waals surface area contributed by atoms with Gasteiger partial charge in [-0.25, -0.2) is 0 Å². The van der Waals surface area contributed by atoms with E-state index in [2.05, 4.69) is 95.0 Å². The summed E-state index contributed by atoms with van der Waals surface area (Å²) in [6, 6.07) is 31.2. The number of aryl methyl sites for hydroxylation is 1. The molecular formula is C43H49GeIrN2O3-. The molecule has 0 atom stereocenters. The zero-order chi connectivity index (χ0) is 35.3. The van der Waals surface area contributed by atoms with Crippen molar-refractivity contribution in [2.75, 3.05) is 0 Å². The molecule has 6 aromatic rings. The number of ketones is 1. The summed E-state index contributed by atoms with van der Waals surface area (Å²) in [5.41, 5.74) is 7.67. The molecule has 7 heteroatoms. The largest absolute Gasteiger partial charge is 0 e. The van der Waals surface area contributed by atoms with Gasteiger partial charge in [0, 0.05) is 43.7 Å². The second kappa shape index (κ2) is 17.1. The Balaban J connectivity index is 0.000000301. The summed E-state index contributed by atoms with van der Waals surface area (Å²) in [6.45, 7) is 10.0. The molecule has 1 radical (unpaired) electrons. The van der Waals surface area contributed by atoms with Gasteiger partial charge in [-0.05, 0) is 32.6 Å². The number of aliphatic hydroxyl groups excluding tert-OH is 1. The van der Waals surface area contributed by atoms with Crippen molar-refractivity contribution in [1.29, 1.82) is 0 Å². The molecule has 5 nitrogen and oxygen atoms in total. The van der Waals surface area contributed by atoms with E-state index in [0.29, 0.717) is 5.71 Å². The minimum absolute atomic E-state index is 0. The zero-order valence-electron chi connectivity index (χ0n) is 30.6. The van der Waals surface area contributed by atoms with Gasteiger partial charge in [-0.3, -0.25) is 4.79 Å². The summed E-state index contributed by atoms with van der Waals surface area (Å²) in [5.74, 6) is 7.84. The maximum atomic E-state index is 11.7. The Morgan fingerprint density at radius 2 is 1.52 bits per heavy atom. The number of nitrogens with zero attached hydrogens (tertiary/aromatic N) is 2. The molecule has 1 N–H and O–H groups in total. The summed E-state index contributed by atoms with van der Waals surface area (Å²) in [5, 5.41) is 13.0. The number of allylic oxidation sites excluding steroid dienone is 2. The first kappa shape index (κ1) is 39.2. The number of hydrogen-bond acceptors (Lipinski definition) is 5. The van der Waals surface area contributed by atoms with Crippen molar-refractivity contribution in [1.82, 2.24) is 9.97 Å². The predicted molar refractivity (Wildman–Crippen MR) is 208 cm³/mol. The van der Waals surface area contributed by atoms with E-state index < -0.39 is 13.3 Å². The summed E-state index contributed by atoms with van der Waals surface area (Å²) in [4.78, 5) is 21.3. The van der Waals surface area contributed by atoms with Crippen LogP contribution in [-0.2, 0) is 24.9 Å². The predicted octanol–water partition coefficient (Wildman–Crippen LogP) is 11.4. The van der Waals surface area contributed by atoms with Gasteiger partial charge < -0.3 is 5.11 Å². The number of fused-ring (bicyclic) bond motifs is 4. The van der Waals surface area contributed by atoms with Gasteiger partial charge >= 0.3 is 190 Å². The first-order valence-electron chi connectivity index (χ1n) is 17.6. The van der Waals surface area contributed by atoms with Crippen LogP contribution in [0.2, 0.25) is 17.3 Å². The Labute approximate surface area is 313 Å². The molecule has 0 bridgehead atoms. The van der Waals surface area contributed by atoms with Crippen LogP contribution in [0.1, 0.15) is 59.1 Å². The van der Waals surface area contributed by atoms with Crippen molar-refractivity contribution in [3.05, 3.63) is 102 Å². The van der Waals surface area contributed by atoms with Crippen LogP contribution < -0.4 is 4.40 Å². The van der Waals surface area contributed by atoms with Crippen molar-refractivity contribution in [3.8, 4) is 22.4 Å². The molecule has 0 fully saturated rings. The first-order chi connectivity index (χ1) is 23.5. The third-order valence-electron chi connectivity index (χ3n) is 9.53. The van der Waals surface area contributed by atoms with Crippen LogP contribution in [0.25, 0.3) is 55.4 Å². The van der Waals surface area contributed by atoms with E-state index in [1.165, 1.54) is 27.0 Å². The van der Waals surface area contributed by atoms with Crippen molar-refractivity contribution in [3.63, 3.8) is 0 Å². The molecule has 0 saturated heterocycles. The molecule has 3 heterocycles. The van der Waals surface area contributed by atoms with Gasteiger partial charge in [-0.2, -0.15) is 0 Å². The van der Waals surface area contributed by atoms with Gasteiger partial charge in [0.15, 0.2) is 5.78 Å². The van der Waals surface area contributed by atoms with Crippen molar-refractivity contribution >= 4 is 56.4 Å². The fourth-order valence-corrected chi connectivity index (χ4v) is 8.74. The van der Waals surface area contributed by atoms with E-state index >= 15 is 0 Å². The number of aliphatic hydroxyl groups is 1. The molecule has 0 spiro atoms. The topological polar surface area (TPSA) is 76.2 Å². The van der Waals surface area contributed by atoms with Crippen LogP contribution >= 0.6 is 0 Å². The molecule has 3 aromatic carbocycles. The van der Waals surface area contributed by atoms with E-state index in [1.54, 1.807) is 0 Å². The van der Waals surface area contributed by atoms with Gasteiger partial charge in [0.05, 0.1) is 5.76 Å². The van der Waals surface area contributed by atoms with E-state index in [9.17, 15) is 9.90 Å². The zero-order valence-corrected chi connectivity index (χ0v) is 35.1. The molecule has 6 rings (SSSR count). The Hall–Kier alpha value is -3.58. The SMILES string of the molecule is CCC(CC)C(=O)/C=C(\O)C(CC)CC.Cc1ccc2c(n1)oc1c[c-]c(-c3cc(-c4ccccc4)c4c[c]([Ge]([CH3])([CH3])[CH3])ccc4n3)cc12.[Ir]. The average molecular weight is 907 g/mol. The van der Waals surface area contributed by atoms with E-state index in [1.807, 2.05) is 46.8 Å². The normalized spacial score (nSPS) is 12.0. The smallest absolute Gasteiger partial charge is 0 e. The van der Waals surface area contributed by atoms with Crippen molar-refractivity contribution in [2.45, 2.75) is 77.6 Å². The van der Waals surface area contributed by atoms with Crippen LogP contribution in [0.15, 0.2) is 95.1 Å². The van der Waals surface area contributed by atoms with Crippen LogP contribution in [-0.4, -0.2) is 34.1 Å². The molecule has 0 unspecified atom stereocenters. The van der Waals surface area contributed by atoms with E-state index in [0.717, 1.165) is 64.5 Å². The molecule has 0 amide bonds. The minimum atomic E-state index is -1.99. The number of furan rings is 1. The first-order valence-corrected chi connectivity index (χ1v) is 25.0. The summed E-state index contributed by atoms with van der Waals surface area (Å²) < 4.78 is 7.46. The molecule has 0 aliphatic rings. The number of carbonyl (C=O) groups is 1. The molecule has 0 aliphatic heterocycles. The van der Waals surface area contributed by atoms with Crippen molar-refractivity contribution in [2.24, 2.45) is 11.8 Å². The Kier molecular flexibility index (Phi) is 13.4. The Bertz CT molecular complexity index is 2110. The fraction of sp³-hybridized carbons (Fsp3) is 0.326. The van der Waals surface area contributed by atoms with Crippen LogP contribution in [0, 0.1) is 24.8 Å². The molecule has 0 aliphatic carbocycles. The number of aromatic nitrogens is 2. The molecule has 3 aromatic heterocycles. The number of benzene rings is 3. The van der Waals surface area contributed by atoms with Crippen LogP contribution in [0.4, 0.5) is 0 Å². The molecular weight excluding hydrogens is 857 g/mol.